The number of carbonyl (C=O) groups is 2. The van der Waals surface area contributed by atoms with Gasteiger partial charge in [-0.15, -0.1) is 0 Å². The SMILES string of the molecule is CNCc1ccc(OCC(=O)NC(N)=O)c(C(F)(F)F)c1. The summed E-state index contributed by atoms with van der Waals surface area (Å²) in [6.07, 6.45) is -4.63. The maximum Gasteiger partial charge on any atom is 0.419 e. The Hall–Kier alpha value is -2.29. The minimum Gasteiger partial charge on any atom is -0.483 e. The van der Waals surface area contributed by atoms with E-state index in [2.05, 4.69) is 5.32 Å². The van der Waals surface area contributed by atoms with Crippen LogP contribution in [0.15, 0.2) is 18.2 Å². The lowest BCUT2D eigenvalue weighted by Crippen LogP contribution is -2.38. The normalized spacial score (nSPS) is 11.0. The molecule has 0 spiro atoms. The van der Waals surface area contributed by atoms with E-state index in [4.69, 9.17) is 10.5 Å². The number of halogens is 3. The molecule has 1 rings (SSSR count). The van der Waals surface area contributed by atoms with E-state index >= 15 is 0 Å². The van der Waals surface area contributed by atoms with Gasteiger partial charge in [-0.3, -0.25) is 10.1 Å². The fraction of sp³-hybridized carbons (Fsp3) is 0.333. The number of amides is 3. The Kier molecular flexibility index (Phi) is 5.53. The van der Waals surface area contributed by atoms with Crippen LogP contribution in [0.3, 0.4) is 0 Å². The number of nitrogens with one attached hydrogen (secondary N) is 2. The first-order valence-electron chi connectivity index (χ1n) is 5.81. The van der Waals surface area contributed by atoms with Crippen molar-refractivity contribution in [2.45, 2.75) is 12.7 Å². The van der Waals surface area contributed by atoms with Crippen LogP contribution in [-0.2, 0) is 17.5 Å². The molecule has 0 bridgehead atoms. The molecule has 1 aromatic rings. The fourth-order valence-electron chi connectivity index (χ4n) is 1.56. The van der Waals surface area contributed by atoms with Gasteiger partial charge in [-0.2, -0.15) is 13.2 Å². The van der Waals surface area contributed by atoms with E-state index in [9.17, 15) is 22.8 Å². The number of benzene rings is 1. The zero-order chi connectivity index (χ0) is 16.0. The van der Waals surface area contributed by atoms with Gasteiger partial charge in [-0.05, 0) is 24.7 Å². The number of hydrogen-bond acceptors (Lipinski definition) is 4. The maximum absolute atomic E-state index is 12.9. The average Bonchev–Trinajstić information content (AvgIpc) is 2.35. The second-order valence-corrected chi connectivity index (χ2v) is 4.06. The number of urea groups is 1. The zero-order valence-corrected chi connectivity index (χ0v) is 11.1. The molecule has 0 unspecified atom stereocenters. The number of imide groups is 1. The molecular weight excluding hydrogens is 291 g/mol. The van der Waals surface area contributed by atoms with Crippen LogP contribution < -0.4 is 21.1 Å². The van der Waals surface area contributed by atoms with E-state index in [0.717, 1.165) is 12.1 Å². The van der Waals surface area contributed by atoms with E-state index in [-0.39, 0.29) is 6.54 Å². The number of alkyl halides is 3. The average molecular weight is 305 g/mol. The van der Waals surface area contributed by atoms with E-state index < -0.39 is 36.0 Å². The van der Waals surface area contributed by atoms with Gasteiger partial charge in [0.2, 0.25) is 0 Å². The van der Waals surface area contributed by atoms with Crippen LogP contribution >= 0.6 is 0 Å². The van der Waals surface area contributed by atoms with Crippen LogP contribution in [0.5, 0.6) is 5.75 Å². The smallest absolute Gasteiger partial charge is 0.419 e. The van der Waals surface area contributed by atoms with Crippen molar-refractivity contribution in [2.75, 3.05) is 13.7 Å². The van der Waals surface area contributed by atoms with Gasteiger partial charge in [0.25, 0.3) is 5.91 Å². The Morgan fingerprint density at radius 1 is 1.33 bits per heavy atom. The number of rotatable bonds is 5. The van der Waals surface area contributed by atoms with Crippen molar-refractivity contribution in [3.63, 3.8) is 0 Å². The highest BCUT2D eigenvalue weighted by molar-refractivity contribution is 5.94. The first-order chi connectivity index (χ1) is 9.74. The number of ether oxygens (including phenoxy) is 1. The fourth-order valence-corrected chi connectivity index (χ4v) is 1.56. The van der Waals surface area contributed by atoms with Gasteiger partial charge in [-0.1, -0.05) is 6.07 Å². The molecule has 1 aromatic carbocycles. The van der Waals surface area contributed by atoms with E-state index in [1.807, 2.05) is 0 Å². The van der Waals surface area contributed by atoms with Crippen molar-refractivity contribution in [2.24, 2.45) is 5.73 Å². The van der Waals surface area contributed by atoms with E-state index in [1.165, 1.54) is 6.07 Å². The van der Waals surface area contributed by atoms with Crippen LogP contribution in [0.2, 0.25) is 0 Å². The van der Waals surface area contributed by atoms with Gasteiger partial charge in [-0.25, -0.2) is 4.79 Å². The van der Waals surface area contributed by atoms with Gasteiger partial charge in [0.05, 0.1) is 5.56 Å². The molecule has 0 aliphatic rings. The topological polar surface area (TPSA) is 93.4 Å². The summed E-state index contributed by atoms with van der Waals surface area (Å²) < 4.78 is 43.6. The monoisotopic (exact) mass is 305 g/mol. The highest BCUT2D eigenvalue weighted by atomic mass is 19.4. The molecule has 3 amide bonds. The molecule has 0 aliphatic heterocycles. The van der Waals surface area contributed by atoms with E-state index in [0.29, 0.717) is 5.56 Å². The van der Waals surface area contributed by atoms with Crippen molar-refractivity contribution in [3.8, 4) is 5.75 Å². The molecule has 4 N–H and O–H groups in total. The molecule has 0 aromatic heterocycles. The minimum atomic E-state index is -4.63. The molecule has 21 heavy (non-hydrogen) atoms. The summed E-state index contributed by atoms with van der Waals surface area (Å²) in [5.74, 6) is -1.43. The quantitative estimate of drug-likeness (QED) is 0.756. The molecule has 0 aliphatic carbocycles. The lowest BCUT2D eigenvalue weighted by molar-refractivity contribution is -0.139. The third-order valence-electron chi connectivity index (χ3n) is 2.35. The maximum atomic E-state index is 12.9. The highest BCUT2D eigenvalue weighted by Crippen LogP contribution is 2.36. The summed E-state index contributed by atoms with van der Waals surface area (Å²) in [5, 5.41) is 4.42. The summed E-state index contributed by atoms with van der Waals surface area (Å²) in [5.41, 5.74) is 4.12. The van der Waals surface area contributed by atoms with Crippen LogP contribution in [0.4, 0.5) is 18.0 Å². The summed E-state index contributed by atoms with van der Waals surface area (Å²) in [4.78, 5) is 21.5. The molecular formula is C12H14F3N3O3. The van der Waals surface area contributed by atoms with Crippen LogP contribution in [-0.4, -0.2) is 25.6 Å². The third kappa shape index (κ3) is 5.30. The van der Waals surface area contributed by atoms with Gasteiger partial charge in [0, 0.05) is 6.54 Å². The molecule has 116 valence electrons. The predicted molar refractivity (Wildman–Crippen MR) is 67.4 cm³/mol. The molecule has 9 heteroatoms. The second kappa shape index (κ2) is 6.93. The Balaban J connectivity index is 2.90. The van der Waals surface area contributed by atoms with Crippen LogP contribution in [0.1, 0.15) is 11.1 Å². The van der Waals surface area contributed by atoms with Gasteiger partial charge in [0.1, 0.15) is 5.75 Å². The minimum absolute atomic E-state index is 0.255. The van der Waals surface area contributed by atoms with Crippen LogP contribution in [0, 0.1) is 0 Å². The number of carbonyl (C=O) groups excluding carboxylic acids is 2. The van der Waals surface area contributed by atoms with Crippen molar-refractivity contribution in [1.82, 2.24) is 10.6 Å². The van der Waals surface area contributed by atoms with Gasteiger partial charge < -0.3 is 15.8 Å². The number of hydrogen-bond donors (Lipinski definition) is 3. The lowest BCUT2D eigenvalue weighted by Gasteiger charge is -2.15. The van der Waals surface area contributed by atoms with Crippen molar-refractivity contribution in [3.05, 3.63) is 29.3 Å². The first-order valence-corrected chi connectivity index (χ1v) is 5.81. The standard InChI is InChI=1S/C12H14F3N3O3/c1-17-5-7-2-3-9(8(4-7)12(13,14)15)21-6-10(19)18-11(16)20/h2-4,17H,5-6H2,1H3,(H3,16,18,19,20). The van der Waals surface area contributed by atoms with Crippen LogP contribution in [0.25, 0.3) is 0 Å². The molecule has 0 heterocycles. The summed E-state index contributed by atoms with van der Waals surface area (Å²) in [6, 6.07) is 2.38. The number of nitrogens with two attached hydrogens (primary N) is 1. The molecule has 0 fully saturated rings. The molecule has 6 nitrogen and oxygen atoms in total. The summed E-state index contributed by atoms with van der Waals surface area (Å²) >= 11 is 0. The number of primary amides is 1. The van der Waals surface area contributed by atoms with Gasteiger partial charge >= 0.3 is 12.2 Å². The summed E-state index contributed by atoms with van der Waals surface area (Å²) in [7, 11) is 1.60. The Morgan fingerprint density at radius 2 is 2.00 bits per heavy atom. The molecule has 0 saturated carbocycles. The second-order valence-electron chi connectivity index (χ2n) is 4.06. The summed E-state index contributed by atoms with van der Waals surface area (Å²) in [6.45, 7) is -0.497. The van der Waals surface area contributed by atoms with Gasteiger partial charge in [0.15, 0.2) is 6.61 Å². The molecule has 0 saturated heterocycles. The lowest BCUT2D eigenvalue weighted by atomic mass is 10.1. The molecule has 0 radical (unpaired) electrons. The zero-order valence-electron chi connectivity index (χ0n) is 11.1. The Bertz CT molecular complexity index is 532. The Labute approximate surface area is 118 Å². The molecule has 0 atom stereocenters. The Morgan fingerprint density at radius 3 is 2.52 bits per heavy atom. The van der Waals surface area contributed by atoms with Crippen molar-refractivity contribution >= 4 is 11.9 Å². The first kappa shape index (κ1) is 16.8. The predicted octanol–water partition coefficient (Wildman–Crippen LogP) is 0.998. The highest BCUT2D eigenvalue weighted by Gasteiger charge is 2.34. The van der Waals surface area contributed by atoms with Crippen molar-refractivity contribution < 1.29 is 27.5 Å². The largest absolute Gasteiger partial charge is 0.483 e. The van der Waals surface area contributed by atoms with Crippen molar-refractivity contribution in [1.29, 1.82) is 0 Å². The third-order valence-corrected chi connectivity index (χ3v) is 2.35. The van der Waals surface area contributed by atoms with E-state index in [1.54, 1.807) is 12.4 Å².